The second-order valence-electron chi connectivity index (χ2n) is 7.80. The number of amidine groups is 1. The lowest BCUT2D eigenvalue weighted by atomic mass is 10.1. The summed E-state index contributed by atoms with van der Waals surface area (Å²) in [5, 5.41) is 26.7. The molecule has 5 rings (SSSR count). The van der Waals surface area contributed by atoms with E-state index in [0.29, 0.717) is 34.4 Å². The van der Waals surface area contributed by atoms with Crippen LogP contribution in [-0.4, -0.2) is 18.3 Å². The maximum absolute atomic E-state index is 14.7. The van der Waals surface area contributed by atoms with Gasteiger partial charge < -0.3 is 21.8 Å². The maximum atomic E-state index is 14.7. The van der Waals surface area contributed by atoms with Crippen LogP contribution in [0.1, 0.15) is 11.1 Å². The molecule has 0 fully saturated rings. The van der Waals surface area contributed by atoms with Gasteiger partial charge in [-0.2, -0.15) is 0 Å². The summed E-state index contributed by atoms with van der Waals surface area (Å²) in [5.41, 5.74) is 4.23. The van der Waals surface area contributed by atoms with Gasteiger partial charge in [-0.3, -0.25) is 5.41 Å². The highest BCUT2D eigenvalue weighted by atomic mass is 35.5. The molecule has 0 atom stereocenters. The highest BCUT2D eigenvalue weighted by molar-refractivity contribution is 6.30. The summed E-state index contributed by atoms with van der Waals surface area (Å²) in [4.78, 5) is 4.51. The number of fused-ring (bicyclic) bond motifs is 2. The Morgan fingerprint density at radius 1 is 1.06 bits per heavy atom. The minimum absolute atomic E-state index is 0.0292. The van der Waals surface area contributed by atoms with E-state index in [4.69, 9.17) is 22.9 Å². The van der Waals surface area contributed by atoms with E-state index in [2.05, 4.69) is 31.3 Å². The average Bonchev–Trinajstić information content (AvgIpc) is 3.01. The van der Waals surface area contributed by atoms with Gasteiger partial charge in [0, 0.05) is 50.6 Å². The molecular formula is C25H20ClFN8. The van der Waals surface area contributed by atoms with Gasteiger partial charge in [0.2, 0.25) is 5.96 Å². The highest BCUT2D eigenvalue weighted by Crippen LogP contribution is 2.19. The van der Waals surface area contributed by atoms with Crippen molar-refractivity contribution in [1.82, 2.24) is 10.6 Å². The van der Waals surface area contributed by atoms with Gasteiger partial charge in [-0.15, -0.1) is 5.11 Å². The first-order valence-electron chi connectivity index (χ1n) is 10.7. The van der Waals surface area contributed by atoms with E-state index in [1.54, 1.807) is 48.7 Å². The van der Waals surface area contributed by atoms with Gasteiger partial charge in [-0.05, 0) is 48.5 Å². The lowest BCUT2D eigenvalue weighted by Crippen LogP contribution is -2.39. The van der Waals surface area contributed by atoms with Crippen molar-refractivity contribution in [2.75, 3.05) is 11.9 Å². The average molecular weight is 487 g/mol. The summed E-state index contributed by atoms with van der Waals surface area (Å²) >= 11 is 6.34. The van der Waals surface area contributed by atoms with Crippen LogP contribution in [0.25, 0.3) is 11.4 Å². The second kappa shape index (κ2) is 9.40. The Labute approximate surface area is 204 Å². The number of aliphatic imine (C=N–C) groups is 1. The highest BCUT2D eigenvalue weighted by Gasteiger charge is 2.20. The summed E-state index contributed by atoms with van der Waals surface area (Å²) in [6, 6.07) is 19.3. The van der Waals surface area contributed by atoms with Crippen molar-refractivity contribution in [3.05, 3.63) is 111 Å². The predicted octanol–water partition coefficient (Wildman–Crippen LogP) is 2.95. The van der Waals surface area contributed by atoms with Crippen molar-refractivity contribution in [2.45, 2.75) is 0 Å². The molecule has 0 saturated heterocycles. The molecule has 3 aromatic carbocycles. The molecule has 2 aliphatic rings. The zero-order valence-electron chi connectivity index (χ0n) is 18.3. The fourth-order valence-electron chi connectivity index (χ4n) is 3.96. The number of rotatable bonds is 3. The summed E-state index contributed by atoms with van der Waals surface area (Å²) in [5.74, 6) is 5.19. The Bertz CT molecular complexity index is 1540. The zero-order chi connectivity index (χ0) is 24.4. The van der Waals surface area contributed by atoms with Crippen LogP contribution in [-0.2, 0) is 0 Å². The first-order chi connectivity index (χ1) is 17.0. The standard InChI is InChI=1S/C25H20ClFN8/c26-16-7-10-18-20(11-16)23(19-3-1-2-4-21(19)27)30-12-15-13-31-25(33-22(15)18)32-17-8-5-14(6-9-17)24(28)34-35-29/h1-11,13,30H,12H2,(H3,28,29,34)(H2,31,32,33). The van der Waals surface area contributed by atoms with Crippen LogP contribution < -0.4 is 32.2 Å². The number of benzene rings is 3. The molecule has 8 nitrogen and oxygen atoms in total. The van der Waals surface area contributed by atoms with Crippen LogP contribution >= 0.6 is 11.6 Å². The molecule has 2 heterocycles. The normalized spacial score (nSPS) is 14.7. The Kier molecular flexibility index (Phi) is 5.99. The molecule has 2 aliphatic heterocycles. The SMILES string of the molecule is N=C(N=NN)c1ccc(NC2=NC=C3CNC(c4ccccc4F)=c4cc(Cl)ccc4=C3N2)cc1. The van der Waals surface area contributed by atoms with E-state index in [1.807, 2.05) is 18.2 Å². The number of halogens is 2. The predicted molar refractivity (Wildman–Crippen MR) is 136 cm³/mol. The van der Waals surface area contributed by atoms with Crippen LogP contribution in [0.4, 0.5) is 10.1 Å². The number of hydrogen-bond donors (Lipinski definition) is 5. The van der Waals surface area contributed by atoms with Crippen LogP contribution in [0.3, 0.4) is 0 Å². The molecule has 3 aromatic rings. The number of guanidine groups is 1. The zero-order valence-corrected chi connectivity index (χ0v) is 19.1. The van der Waals surface area contributed by atoms with E-state index < -0.39 is 0 Å². The van der Waals surface area contributed by atoms with Crippen LogP contribution in [0.15, 0.2) is 93.8 Å². The van der Waals surface area contributed by atoms with Crippen molar-refractivity contribution in [3.8, 4) is 0 Å². The molecule has 0 spiro atoms. The molecule has 10 heteroatoms. The van der Waals surface area contributed by atoms with Gasteiger partial charge in [0.15, 0.2) is 5.84 Å². The summed E-state index contributed by atoms with van der Waals surface area (Å²) in [6.07, 6.45) is 1.77. The van der Waals surface area contributed by atoms with Gasteiger partial charge in [-0.25, -0.2) is 9.38 Å². The quantitative estimate of drug-likeness (QED) is 0.128. The van der Waals surface area contributed by atoms with Crippen molar-refractivity contribution >= 4 is 40.5 Å². The minimum atomic E-state index is -0.319. The smallest absolute Gasteiger partial charge is 0.205 e. The lowest BCUT2D eigenvalue weighted by Gasteiger charge is -2.20. The molecule has 0 unspecified atom stereocenters. The van der Waals surface area contributed by atoms with Gasteiger partial charge in [0.1, 0.15) is 5.82 Å². The number of nitrogens with zero attached hydrogens (tertiary/aromatic N) is 3. The molecule has 0 radical (unpaired) electrons. The molecule has 0 aliphatic carbocycles. The fourth-order valence-corrected chi connectivity index (χ4v) is 4.14. The van der Waals surface area contributed by atoms with Crippen LogP contribution in [0.2, 0.25) is 5.02 Å². The lowest BCUT2D eigenvalue weighted by molar-refractivity contribution is 0.622. The molecule has 0 bridgehead atoms. The first-order valence-corrected chi connectivity index (χ1v) is 11.1. The number of hydrogen-bond acceptors (Lipinski definition) is 6. The third-order valence-electron chi connectivity index (χ3n) is 5.61. The van der Waals surface area contributed by atoms with E-state index in [-0.39, 0.29) is 11.7 Å². The summed E-state index contributed by atoms with van der Waals surface area (Å²) in [7, 11) is 0. The Morgan fingerprint density at radius 3 is 2.63 bits per heavy atom. The van der Waals surface area contributed by atoms with Gasteiger partial charge >= 0.3 is 0 Å². The molecule has 0 amide bonds. The second-order valence-corrected chi connectivity index (χ2v) is 8.23. The van der Waals surface area contributed by atoms with Crippen molar-refractivity contribution < 1.29 is 4.39 Å². The number of nitrogens with two attached hydrogens (primary N) is 1. The Morgan fingerprint density at radius 2 is 1.86 bits per heavy atom. The molecule has 174 valence electrons. The number of nitrogens with one attached hydrogen (secondary N) is 4. The fraction of sp³-hybridized carbons (Fsp3) is 0.0400. The van der Waals surface area contributed by atoms with Crippen LogP contribution in [0, 0.1) is 11.2 Å². The third-order valence-corrected chi connectivity index (χ3v) is 5.85. The van der Waals surface area contributed by atoms with E-state index >= 15 is 0 Å². The molecule has 0 saturated carbocycles. The van der Waals surface area contributed by atoms with Gasteiger partial charge in [-0.1, -0.05) is 35.0 Å². The van der Waals surface area contributed by atoms with E-state index in [0.717, 1.165) is 27.4 Å². The Balaban J connectivity index is 1.54. The minimum Gasteiger partial charge on any atom is -0.380 e. The van der Waals surface area contributed by atoms with Crippen molar-refractivity contribution in [1.29, 1.82) is 5.41 Å². The molecular weight excluding hydrogens is 467 g/mol. The molecule has 35 heavy (non-hydrogen) atoms. The van der Waals surface area contributed by atoms with Gasteiger partial charge in [0.25, 0.3) is 0 Å². The van der Waals surface area contributed by atoms with Crippen LogP contribution in [0.5, 0.6) is 0 Å². The first kappa shape index (κ1) is 22.3. The number of anilines is 1. The Hall–Kier alpha value is -4.50. The van der Waals surface area contributed by atoms with Crippen molar-refractivity contribution in [3.63, 3.8) is 0 Å². The largest absolute Gasteiger partial charge is 0.380 e. The van der Waals surface area contributed by atoms with Gasteiger partial charge in [0.05, 0.1) is 11.4 Å². The maximum Gasteiger partial charge on any atom is 0.205 e. The third kappa shape index (κ3) is 4.49. The van der Waals surface area contributed by atoms with Crippen molar-refractivity contribution in [2.24, 2.45) is 21.2 Å². The topological polar surface area (TPSA) is 123 Å². The summed E-state index contributed by atoms with van der Waals surface area (Å²) in [6.45, 7) is 0.446. The molecule has 6 N–H and O–H groups in total. The monoisotopic (exact) mass is 486 g/mol. The van der Waals surface area contributed by atoms with E-state index in [9.17, 15) is 4.39 Å². The molecule has 0 aromatic heterocycles. The van der Waals surface area contributed by atoms with E-state index in [1.165, 1.54) is 6.07 Å². The summed E-state index contributed by atoms with van der Waals surface area (Å²) < 4.78 is 14.7.